The third-order valence-corrected chi connectivity index (χ3v) is 2.89. The average Bonchev–Trinajstić information content (AvgIpc) is 2.33. The Bertz CT molecular complexity index is 432. The Morgan fingerprint density at radius 1 is 1.50 bits per heavy atom. The summed E-state index contributed by atoms with van der Waals surface area (Å²) in [5, 5.41) is 2.84. The number of nitrogens with zero attached hydrogens (tertiary/aromatic N) is 2. The smallest absolute Gasteiger partial charge is 0.236 e. The predicted molar refractivity (Wildman–Crippen MR) is 70.7 cm³/mol. The summed E-state index contributed by atoms with van der Waals surface area (Å²) >= 11 is 0. The van der Waals surface area contributed by atoms with E-state index >= 15 is 0 Å². The van der Waals surface area contributed by atoms with E-state index in [1.54, 1.807) is 32.3 Å². The number of methoxy groups -OCH3 is 1. The second-order valence-electron chi connectivity index (χ2n) is 4.33. The molecule has 0 saturated carbocycles. The van der Waals surface area contributed by atoms with Crippen LogP contribution in [0.2, 0.25) is 0 Å². The molecule has 100 valence electrons. The number of amides is 1. The quantitative estimate of drug-likeness (QED) is 0.844. The van der Waals surface area contributed by atoms with Gasteiger partial charge in [-0.15, -0.1) is 0 Å². The van der Waals surface area contributed by atoms with Crippen LogP contribution in [0.4, 0.5) is 0 Å². The van der Waals surface area contributed by atoms with Crippen molar-refractivity contribution in [3.8, 4) is 5.75 Å². The van der Waals surface area contributed by atoms with Gasteiger partial charge in [0, 0.05) is 24.4 Å². The molecule has 0 aromatic carbocycles. The molecule has 5 heteroatoms. The molecule has 0 spiro atoms. The number of hydrogen-bond acceptors (Lipinski definition) is 4. The molecule has 0 aliphatic carbocycles. The first-order valence-electron chi connectivity index (χ1n) is 5.88. The van der Waals surface area contributed by atoms with Gasteiger partial charge in [-0.2, -0.15) is 0 Å². The summed E-state index contributed by atoms with van der Waals surface area (Å²) in [7, 11) is 5.17. The number of aryl methyl sites for hydroxylation is 1. The summed E-state index contributed by atoms with van der Waals surface area (Å²) in [5.74, 6) is 0.882. The molecule has 5 nitrogen and oxygen atoms in total. The van der Waals surface area contributed by atoms with Crippen molar-refractivity contribution < 1.29 is 9.53 Å². The van der Waals surface area contributed by atoms with Gasteiger partial charge >= 0.3 is 0 Å². The lowest BCUT2D eigenvalue weighted by atomic mass is 10.1. The van der Waals surface area contributed by atoms with Crippen LogP contribution in [0.5, 0.6) is 5.75 Å². The largest absolute Gasteiger partial charge is 0.496 e. The Morgan fingerprint density at radius 3 is 2.72 bits per heavy atom. The SMILES string of the molecule is CNCC(=O)N(C)Cc1ncc(C)c(OC)c1C. The van der Waals surface area contributed by atoms with E-state index in [-0.39, 0.29) is 5.91 Å². The number of likely N-dealkylation sites (N-methyl/N-ethyl adjacent to an activating group) is 2. The van der Waals surface area contributed by atoms with E-state index in [1.165, 1.54) is 0 Å². The number of carbonyl (C=O) groups excluding carboxylic acids is 1. The third kappa shape index (κ3) is 3.20. The lowest BCUT2D eigenvalue weighted by Gasteiger charge is -2.19. The molecule has 18 heavy (non-hydrogen) atoms. The van der Waals surface area contributed by atoms with Crippen LogP contribution in [0.3, 0.4) is 0 Å². The van der Waals surface area contributed by atoms with Gasteiger partial charge in [-0.05, 0) is 20.9 Å². The number of carbonyl (C=O) groups is 1. The molecule has 0 unspecified atom stereocenters. The highest BCUT2D eigenvalue weighted by Crippen LogP contribution is 2.24. The van der Waals surface area contributed by atoms with E-state index < -0.39 is 0 Å². The fourth-order valence-corrected chi connectivity index (χ4v) is 1.83. The molecule has 0 aliphatic heterocycles. The summed E-state index contributed by atoms with van der Waals surface area (Å²) in [5.41, 5.74) is 2.86. The van der Waals surface area contributed by atoms with Gasteiger partial charge in [0.15, 0.2) is 0 Å². The van der Waals surface area contributed by atoms with Crippen molar-refractivity contribution in [1.29, 1.82) is 0 Å². The van der Waals surface area contributed by atoms with Gasteiger partial charge in [-0.3, -0.25) is 9.78 Å². The molecule has 1 heterocycles. The molecule has 1 N–H and O–H groups in total. The number of rotatable bonds is 5. The van der Waals surface area contributed by atoms with Gasteiger partial charge < -0.3 is 15.0 Å². The van der Waals surface area contributed by atoms with Crippen molar-refractivity contribution in [2.45, 2.75) is 20.4 Å². The van der Waals surface area contributed by atoms with E-state index in [4.69, 9.17) is 4.74 Å². The van der Waals surface area contributed by atoms with Crippen LogP contribution in [-0.2, 0) is 11.3 Å². The monoisotopic (exact) mass is 251 g/mol. The zero-order chi connectivity index (χ0) is 13.7. The highest BCUT2D eigenvalue weighted by atomic mass is 16.5. The lowest BCUT2D eigenvalue weighted by Crippen LogP contribution is -2.34. The van der Waals surface area contributed by atoms with Gasteiger partial charge in [0.2, 0.25) is 5.91 Å². The number of pyridine rings is 1. The Labute approximate surface area is 108 Å². The first-order chi connectivity index (χ1) is 8.51. The van der Waals surface area contributed by atoms with Crippen molar-refractivity contribution in [1.82, 2.24) is 15.2 Å². The van der Waals surface area contributed by atoms with Crippen molar-refractivity contribution in [3.63, 3.8) is 0 Å². The van der Waals surface area contributed by atoms with E-state index in [0.717, 1.165) is 22.6 Å². The first-order valence-corrected chi connectivity index (χ1v) is 5.88. The van der Waals surface area contributed by atoms with Gasteiger partial charge in [-0.1, -0.05) is 0 Å². The molecule has 0 bridgehead atoms. The van der Waals surface area contributed by atoms with Crippen molar-refractivity contribution in [2.75, 3.05) is 27.7 Å². The lowest BCUT2D eigenvalue weighted by molar-refractivity contribution is -0.129. The minimum absolute atomic E-state index is 0.0400. The molecule has 1 rings (SSSR count). The fraction of sp³-hybridized carbons (Fsp3) is 0.538. The van der Waals surface area contributed by atoms with Crippen molar-refractivity contribution in [2.24, 2.45) is 0 Å². The zero-order valence-electron chi connectivity index (χ0n) is 11.7. The van der Waals surface area contributed by atoms with Crippen molar-refractivity contribution in [3.05, 3.63) is 23.0 Å². The zero-order valence-corrected chi connectivity index (χ0v) is 11.7. The molecule has 1 aromatic rings. The normalized spacial score (nSPS) is 10.3. The molecule has 0 aliphatic rings. The number of hydrogen-bond donors (Lipinski definition) is 1. The Morgan fingerprint density at radius 2 is 2.17 bits per heavy atom. The maximum atomic E-state index is 11.7. The molecule has 0 fully saturated rings. The van der Waals surface area contributed by atoms with Gasteiger partial charge in [0.1, 0.15) is 5.75 Å². The third-order valence-electron chi connectivity index (χ3n) is 2.89. The van der Waals surface area contributed by atoms with Crippen molar-refractivity contribution >= 4 is 5.91 Å². The fourth-order valence-electron chi connectivity index (χ4n) is 1.83. The standard InChI is InChI=1S/C13H21N3O2/c1-9-6-15-11(10(2)13(9)18-5)8-16(4)12(17)7-14-3/h6,14H,7-8H2,1-5H3. The molecule has 0 atom stereocenters. The van der Waals surface area contributed by atoms with Crippen LogP contribution in [0, 0.1) is 13.8 Å². The minimum Gasteiger partial charge on any atom is -0.496 e. The summed E-state index contributed by atoms with van der Waals surface area (Å²) in [6, 6.07) is 0. The molecular weight excluding hydrogens is 230 g/mol. The minimum atomic E-state index is 0.0400. The predicted octanol–water partition coefficient (Wildman–Crippen LogP) is 0.885. The molecule has 1 aromatic heterocycles. The number of nitrogens with one attached hydrogen (secondary N) is 1. The van der Waals surface area contributed by atoms with Gasteiger partial charge in [0.25, 0.3) is 0 Å². The second-order valence-corrected chi connectivity index (χ2v) is 4.33. The van der Waals surface area contributed by atoms with Crippen LogP contribution in [-0.4, -0.2) is 43.5 Å². The highest BCUT2D eigenvalue weighted by Gasteiger charge is 2.14. The summed E-state index contributed by atoms with van der Waals surface area (Å²) in [4.78, 5) is 17.7. The molecular formula is C13H21N3O2. The van der Waals surface area contributed by atoms with Crippen LogP contribution in [0.1, 0.15) is 16.8 Å². The number of ether oxygens (including phenoxy) is 1. The molecule has 1 amide bonds. The van der Waals surface area contributed by atoms with E-state index in [1.807, 2.05) is 13.8 Å². The summed E-state index contributed by atoms with van der Waals surface area (Å²) in [6.45, 7) is 4.74. The van der Waals surface area contributed by atoms with Crippen LogP contribution >= 0.6 is 0 Å². The second kappa shape index (κ2) is 6.35. The maximum absolute atomic E-state index is 11.7. The average molecular weight is 251 g/mol. The topological polar surface area (TPSA) is 54.5 Å². The van der Waals surface area contributed by atoms with Crippen LogP contribution < -0.4 is 10.1 Å². The Hall–Kier alpha value is -1.62. The van der Waals surface area contributed by atoms with Gasteiger partial charge in [-0.25, -0.2) is 0 Å². The van der Waals surface area contributed by atoms with Crippen LogP contribution in [0.15, 0.2) is 6.20 Å². The molecule has 0 radical (unpaired) electrons. The van der Waals surface area contributed by atoms with E-state index in [9.17, 15) is 4.79 Å². The first kappa shape index (κ1) is 14.4. The Balaban J connectivity index is 2.88. The summed E-state index contributed by atoms with van der Waals surface area (Å²) in [6.07, 6.45) is 1.78. The number of aromatic nitrogens is 1. The highest BCUT2D eigenvalue weighted by molar-refractivity contribution is 5.77. The van der Waals surface area contributed by atoms with E-state index in [0.29, 0.717) is 13.1 Å². The Kier molecular flexibility index (Phi) is 5.09. The van der Waals surface area contributed by atoms with Crippen LogP contribution in [0.25, 0.3) is 0 Å². The van der Waals surface area contributed by atoms with Gasteiger partial charge in [0.05, 0.1) is 25.9 Å². The summed E-state index contributed by atoms with van der Waals surface area (Å²) < 4.78 is 5.35. The van der Waals surface area contributed by atoms with E-state index in [2.05, 4.69) is 10.3 Å². The molecule has 0 saturated heterocycles. The maximum Gasteiger partial charge on any atom is 0.236 e.